The molecule has 1 fully saturated rings. The van der Waals surface area contributed by atoms with Gasteiger partial charge >= 0.3 is 0 Å². The Morgan fingerprint density at radius 1 is 1.05 bits per heavy atom. The van der Waals surface area contributed by atoms with Gasteiger partial charge in [-0.25, -0.2) is 0 Å². The topological polar surface area (TPSA) is 29.1 Å². The summed E-state index contributed by atoms with van der Waals surface area (Å²) in [5.74, 6) is 0.216. The minimum Gasteiger partial charge on any atom is -0.320 e. The summed E-state index contributed by atoms with van der Waals surface area (Å²) >= 11 is 0. The van der Waals surface area contributed by atoms with E-state index in [1.54, 1.807) is 0 Å². The Labute approximate surface area is 135 Å². The number of carbonyl (C=O) groups is 1. The highest BCUT2D eigenvalue weighted by Gasteiger charge is 2.64. The molecule has 22 heavy (non-hydrogen) atoms. The first kappa shape index (κ1) is 17.0. The van der Waals surface area contributed by atoms with Crippen LogP contribution in [0.1, 0.15) is 50.3 Å². The zero-order chi connectivity index (χ0) is 16.5. The number of anilines is 1. The molecule has 1 amide bonds. The van der Waals surface area contributed by atoms with Gasteiger partial charge in [-0.15, -0.1) is 0 Å². The molecule has 122 valence electrons. The lowest BCUT2D eigenvalue weighted by Gasteiger charge is -2.43. The fourth-order valence-corrected chi connectivity index (χ4v) is 4.22. The first-order valence-corrected chi connectivity index (χ1v) is 8.61. The number of quaternary nitrogens is 1. The molecule has 0 atom stereocenters. The summed E-state index contributed by atoms with van der Waals surface area (Å²) in [6, 6.07) is 4.29. The Balaban J connectivity index is 2.30. The highest BCUT2D eigenvalue weighted by molar-refractivity contribution is 6.00. The highest BCUT2D eigenvalue weighted by atomic mass is 16.2. The van der Waals surface area contributed by atoms with E-state index in [4.69, 9.17) is 0 Å². The average Bonchev–Trinajstić information content (AvgIpc) is 3.27. The molecule has 0 saturated heterocycles. The van der Waals surface area contributed by atoms with Gasteiger partial charge in [-0.1, -0.05) is 17.7 Å². The van der Waals surface area contributed by atoms with E-state index < -0.39 is 0 Å². The summed E-state index contributed by atoms with van der Waals surface area (Å²) in [6.45, 7) is 16.0. The molecular formula is C19H31N2O+. The molecule has 0 bridgehead atoms. The maximum absolute atomic E-state index is 13.1. The van der Waals surface area contributed by atoms with Gasteiger partial charge in [-0.3, -0.25) is 4.79 Å². The van der Waals surface area contributed by atoms with Crippen LogP contribution >= 0.6 is 0 Å². The van der Waals surface area contributed by atoms with Crippen molar-refractivity contribution in [1.82, 2.24) is 0 Å². The van der Waals surface area contributed by atoms with E-state index in [-0.39, 0.29) is 11.4 Å². The zero-order valence-corrected chi connectivity index (χ0v) is 15.0. The number of nitrogens with zero attached hydrogens (tertiary/aromatic N) is 1. The van der Waals surface area contributed by atoms with Gasteiger partial charge < -0.3 is 9.80 Å². The van der Waals surface area contributed by atoms with Crippen LogP contribution in [0.2, 0.25) is 0 Å². The Kier molecular flexibility index (Phi) is 4.67. The molecule has 0 aliphatic heterocycles. The van der Waals surface area contributed by atoms with Gasteiger partial charge in [0, 0.05) is 18.5 Å². The number of likely N-dealkylation sites (N-methyl/N-ethyl adjacent to an activating group) is 1. The third-order valence-electron chi connectivity index (χ3n) is 5.79. The number of benzene rings is 1. The normalized spacial score (nSPS) is 16.5. The number of aryl methyl sites for hydroxylation is 3. The fraction of sp³-hybridized carbons (Fsp3) is 0.632. The molecule has 3 nitrogen and oxygen atoms in total. The lowest BCUT2D eigenvalue weighted by atomic mass is 10.0. The van der Waals surface area contributed by atoms with Crippen LogP contribution in [-0.2, 0) is 4.79 Å². The van der Waals surface area contributed by atoms with Gasteiger partial charge in [-0.05, 0) is 52.7 Å². The molecule has 1 aromatic carbocycles. The summed E-state index contributed by atoms with van der Waals surface area (Å²) in [4.78, 5) is 13.1. The van der Waals surface area contributed by atoms with Crippen molar-refractivity contribution in [2.75, 3.05) is 25.0 Å². The van der Waals surface area contributed by atoms with E-state index in [1.807, 2.05) is 0 Å². The van der Waals surface area contributed by atoms with Crippen molar-refractivity contribution >= 4 is 11.6 Å². The van der Waals surface area contributed by atoms with Crippen molar-refractivity contribution in [2.24, 2.45) is 0 Å². The highest BCUT2D eigenvalue weighted by Crippen LogP contribution is 2.48. The van der Waals surface area contributed by atoms with Gasteiger partial charge in [0.15, 0.2) is 5.54 Å². The van der Waals surface area contributed by atoms with Crippen LogP contribution in [0.15, 0.2) is 12.1 Å². The predicted molar refractivity (Wildman–Crippen MR) is 93.1 cm³/mol. The lowest BCUT2D eigenvalue weighted by molar-refractivity contribution is -0.947. The Hall–Kier alpha value is -1.35. The maximum Gasteiger partial charge on any atom is 0.285 e. The SMILES string of the molecule is CC[N+](CC)(CC)C1(C(=O)Nc2c(C)cc(C)cc2C)CC1. The van der Waals surface area contributed by atoms with Crippen LogP contribution < -0.4 is 5.32 Å². The summed E-state index contributed by atoms with van der Waals surface area (Å²) in [5, 5.41) is 3.26. The van der Waals surface area contributed by atoms with E-state index in [0.717, 1.165) is 53.8 Å². The number of hydrogen-bond acceptors (Lipinski definition) is 1. The predicted octanol–water partition coefficient (Wildman–Crippen LogP) is 3.96. The van der Waals surface area contributed by atoms with E-state index in [2.05, 4.69) is 59.0 Å². The van der Waals surface area contributed by atoms with E-state index >= 15 is 0 Å². The van der Waals surface area contributed by atoms with E-state index in [9.17, 15) is 4.79 Å². The molecule has 1 N–H and O–H groups in total. The molecule has 0 aromatic heterocycles. The molecule has 1 aliphatic rings. The van der Waals surface area contributed by atoms with E-state index in [1.165, 1.54) is 5.56 Å². The number of nitrogens with one attached hydrogen (secondary N) is 1. The molecular weight excluding hydrogens is 272 g/mol. The van der Waals surface area contributed by atoms with Crippen molar-refractivity contribution in [3.8, 4) is 0 Å². The monoisotopic (exact) mass is 303 g/mol. The van der Waals surface area contributed by atoms with Crippen LogP contribution in [0.4, 0.5) is 5.69 Å². The number of hydrogen-bond donors (Lipinski definition) is 1. The van der Waals surface area contributed by atoms with Gasteiger partial charge in [-0.2, -0.15) is 0 Å². The molecule has 0 heterocycles. The minimum atomic E-state index is -0.206. The van der Waals surface area contributed by atoms with Crippen molar-refractivity contribution in [3.63, 3.8) is 0 Å². The van der Waals surface area contributed by atoms with Gasteiger partial charge in [0.05, 0.1) is 19.6 Å². The largest absolute Gasteiger partial charge is 0.320 e. The Morgan fingerprint density at radius 3 is 1.86 bits per heavy atom. The minimum absolute atomic E-state index is 0.206. The summed E-state index contributed by atoms with van der Waals surface area (Å²) < 4.78 is 0.906. The Morgan fingerprint density at radius 2 is 1.50 bits per heavy atom. The molecule has 0 radical (unpaired) electrons. The van der Waals surface area contributed by atoms with Crippen molar-refractivity contribution < 1.29 is 9.28 Å². The second-order valence-electron chi connectivity index (χ2n) is 6.85. The smallest absolute Gasteiger partial charge is 0.285 e. The molecule has 3 heteroatoms. The molecule has 0 spiro atoms. The van der Waals surface area contributed by atoms with Crippen molar-refractivity contribution in [2.45, 2.75) is 59.9 Å². The van der Waals surface area contributed by atoms with Crippen LogP contribution in [0.25, 0.3) is 0 Å². The van der Waals surface area contributed by atoms with Crippen LogP contribution in [0.3, 0.4) is 0 Å². The summed E-state index contributed by atoms with van der Waals surface area (Å²) in [7, 11) is 0. The quantitative estimate of drug-likeness (QED) is 0.792. The molecule has 1 aliphatic carbocycles. The van der Waals surface area contributed by atoms with Gasteiger partial charge in [0.2, 0.25) is 0 Å². The molecule has 0 unspecified atom stereocenters. The summed E-state index contributed by atoms with van der Waals surface area (Å²) in [6.07, 6.45) is 2.02. The van der Waals surface area contributed by atoms with Gasteiger partial charge in [0.1, 0.15) is 0 Å². The second kappa shape index (κ2) is 6.04. The maximum atomic E-state index is 13.1. The molecule has 2 rings (SSSR count). The van der Waals surface area contributed by atoms with Crippen molar-refractivity contribution in [1.29, 1.82) is 0 Å². The third-order valence-corrected chi connectivity index (χ3v) is 5.79. The van der Waals surface area contributed by atoms with E-state index in [0.29, 0.717) is 0 Å². The molecule has 1 saturated carbocycles. The first-order valence-electron chi connectivity index (χ1n) is 8.61. The average molecular weight is 303 g/mol. The van der Waals surface area contributed by atoms with Crippen LogP contribution in [0, 0.1) is 20.8 Å². The summed E-state index contributed by atoms with van der Waals surface area (Å²) in [5.41, 5.74) is 4.36. The third kappa shape index (κ3) is 2.56. The number of amides is 1. The second-order valence-corrected chi connectivity index (χ2v) is 6.85. The molecule has 1 aromatic rings. The van der Waals surface area contributed by atoms with Gasteiger partial charge in [0.25, 0.3) is 5.91 Å². The standard InChI is InChI=1S/C19H30N2O/c1-7-21(8-2,9-3)19(10-11-19)18(22)20-17-15(5)12-14(4)13-16(17)6/h12-13H,7-11H2,1-6H3/p+1. The zero-order valence-electron chi connectivity index (χ0n) is 15.0. The first-order chi connectivity index (χ1) is 10.4. The fourth-order valence-electron chi connectivity index (χ4n) is 4.22. The Bertz CT molecular complexity index is 538. The number of rotatable bonds is 6. The number of carbonyl (C=O) groups excluding carboxylic acids is 1. The van der Waals surface area contributed by atoms with Crippen molar-refractivity contribution in [3.05, 3.63) is 28.8 Å². The van der Waals surface area contributed by atoms with Crippen LogP contribution in [0.5, 0.6) is 0 Å². The lowest BCUT2D eigenvalue weighted by Crippen LogP contribution is -2.61. The van der Waals surface area contributed by atoms with Crippen LogP contribution in [-0.4, -0.2) is 35.6 Å².